The molecule has 0 aliphatic heterocycles. The van der Waals surface area contributed by atoms with Crippen LogP contribution in [0.4, 0.5) is 0 Å². The molecule has 7 heteroatoms. The number of nitrogens with one attached hydrogen (secondary N) is 2. The first kappa shape index (κ1) is 16.5. The average Bonchev–Trinajstić information content (AvgIpc) is 2.81. The van der Waals surface area contributed by atoms with E-state index in [9.17, 15) is 8.42 Å². The molecule has 1 unspecified atom stereocenters. The lowest BCUT2D eigenvalue weighted by Crippen LogP contribution is -2.32. The summed E-state index contributed by atoms with van der Waals surface area (Å²) < 4.78 is 32.3. The number of hydrogen-bond donors (Lipinski definition) is 2. The highest BCUT2D eigenvalue weighted by Crippen LogP contribution is 2.26. The highest BCUT2D eigenvalue weighted by molar-refractivity contribution is 9.10. The van der Waals surface area contributed by atoms with Crippen LogP contribution in [-0.2, 0) is 10.0 Å². The van der Waals surface area contributed by atoms with Crippen LogP contribution in [0.25, 0.3) is 11.0 Å². The molecule has 5 nitrogen and oxygen atoms in total. The number of sulfonamides is 1. The van der Waals surface area contributed by atoms with E-state index in [4.69, 9.17) is 4.42 Å². The molecule has 1 aromatic heterocycles. The molecule has 21 heavy (non-hydrogen) atoms. The van der Waals surface area contributed by atoms with Gasteiger partial charge in [0.05, 0.1) is 11.8 Å². The SMILES string of the molecule is CCNS(=O)(=O)CCNC(C)c1cc2cc(Br)ccc2o1. The summed E-state index contributed by atoms with van der Waals surface area (Å²) in [5.41, 5.74) is 0.821. The van der Waals surface area contributed by atoms with Gasteiger partial charge in [-0.3, -0.25) is 0 Å². The van der Waals surface area contributed by atoms with E-state index in [0.717, 1.165) is 21.2 Å². The first-order valence-electron chi connectivity index (χ1n) is 6.81. The van der Waals surface area contributed by atoms with Crippen molar-refractivity contribution in [2.24, 2.45) is 0 Å². The van der Waals surface area contributed by atoms with Gasteiger partial charge < -0.3 is 9.73 Å². The number of fused-ring (bicyclic) bond motifs is 1. The molecule has 0 aliphatic rings. The van der Waals surface area contributed by atoms with Crippen LogP contribution in [0.3, 0.4) is 0 Å². The number of halogens is 1. The second-order valence-corrected chi connectivity index (χ2v) is 7.67. The lowest BCUT2D eigenvalue weighted by Gasteiger charge is -2.11. The second-order valence-electron chi connectivity index (χ2n) is 4.82. The number of rotatable bonds is 7. The molecule has 2 N–H and O–H groups in total. The molecule has 1 atom stereocenters. The zero-order chi connectivity index (χ0) is 15.5. The van der Waals surface area contributed by atoms with E-state index in [-0.39, 0.29) is 11.8 Å². The van der Waals surface area contributed by atoms with Crippen molar-refractivity contribution >= 4 is 36.9 Å². The molecule has 116 valence electrons. The number of benzene rings is 1. The van der Waals surface area contributed by atoms with Crippen LogP contribution in [0.5, 0.6) is 0 Å². The molecule has 2 rings (SSSR count). The highest BCUT2D eigenvalue weighted by atomic mass is 79.9. The van der Waals surface area contributed by atoms with Crippen LogP contribution in [0.15, 0.2) is 33.2 Å². The minimum atomic E-state index is -3.19. The van der Waals surface area contributed by atoms with Crippen molar-refractivity contribution in [3.05, 3.63) is 34.5 Å². The van der Waals surface area contributed by atoms with Crippen molar-refractivity contribution in [2.45, 2.75) is 19.9 Å². The monoisotopic (exact) mass is 374 g/mol. The number of hydrogen-bond acceptors (Lipinski definition) is 4. The summed E-state index contributed by atoms with van der Waals surface area (Å²) in [6.07, 6.45) is 0. The third-order valence-electron chi connectivity index (χ3n) is 3.11. The van der Waals surface area contributed by atoms with Crippen molar-refractivity contribution in [1.82, 2.24) is 10.0 Å². The molecule has 0 radical (unpaired) electrons. The van der Waals surface area contributed by atoms with Crippen LogP contribution in [0.2, 0.25) is 0 Å². The highest BCUT2D eigenvalue weighted by Gasteiger charge is 2.13. The summed E-state index contributed by atoms with van der Waals surface area (Å²) in [7, 11) is -3.19. The van der Waals surface area contributed by atoms with E-state index in [2.05, 4.69) is 26.0 Å². The maximum atomic E-state index is 11.5. The summed E-state index contributed by atoms with van der Waals surface area (Å²) in [5, 5.41) is 4.19. The van der Waals surface area contributed by atoms with E-state index in [1.165, 1.54) is 0 Å². The van der Waals surface area contributed by atoms with Crippen molar-refractivity contribution in [2.75, 3.05) is 18.8 Å². The molecule has 0 spiro atoms. The third-order valence-corrected chi connectivity index (χ3v) is 5.07. The topological polar surface area (TPSA) is 71.3 Å². The van der Waals surface area contributed by atoms with Gasteiger partial charge in [0.2, 0.25) is 10.0 Å². The molecule has 0 bridgehead atoms. The summed E-state index contributed by atoms with van der Waals surface area (Å²) in [4.78, 5) is 0. The predicted molar refractivity (Wildman–Crippen MR) is 87.8 cm³/mol. The van der Waals surface area contributed by atoms with Crippen LogP contribution in [0, 0.1) is 0 Å². The number of furan rings is 1. The molecule has 0 saturated heterocycles. The smallest absolute Gasteiger partial charge is 0.212 e. The van der Waals surface area contributed by atoms with Crippen LogP contribution >= 0.6 is 15.9 Å². The van der Waals surface area contributed by atoms with Gasteiger partial charge in [-0.1, -0.05) is 22.9 Å². The van der Waals surface area contributed by atoms with Gasteiger partial charge in [0.1, 0.15) is 11.3 Å². The van der Waals surface area contributed by atoms with E-state index in [1.54, 1.807) is 6.92 Å². The maximum absolute atomic E-state index is 11.5. The Labute approximate surface area is 133 Å². The Hall–Kier alpha value is -0.890. The summed E-state index contributed by atoms with van der Waals surface area (Å²) in [5.74, 6) is 0.848. The lowest BCUT2D eigenvalue weighted by molar-refractivity contribution is 0.458. The maximum Gasteiger partial charge on any atom is 0.212 e. The third kappa shape index (κ3) is 4.54. The Balaban J connectivity index is 1.97. The zero-order valence-electron chi connectivity index (χ0n) is 12.0. The van der Waals surface area contributed by atoms with Crippen LogP contribution in [-0.4, -0.2) is 27.3 Å². The van der Waals surface area contributed by atoms with E-state index in [1.807, 2.05) is 31.2 Å². The molecular weight excluding hydrogens is 356 g/mol. The Bertz CT molecular complexity index is 712. The van der Waals surface area contributed by atoms with Gasteiger partial charge in [-0.25, -0.2) is 13.1 Å². The van der Waals surface area contributed by atoms with Gasteiger partial charge >= 0.3 is 0 Å². The largest absolute Gasteiger partial charge is 0.459 e. The summed E-state index contributed by atoms with van der Waals surface area (Å²) >= 11 is 3.43. The minimum Gasteiger partial charge on any atom is -0.459 e. The van der Waals surface area contributed by atoms with Crippen molar-refractivity contribution in [1.29, 1.82) is 0 Å². The van der Waals surface area contributed by atoms with Crippen molar-refractivity contribution in [3.8, 4) is 0 Å². The summed E-state index contributed by atoms with van der Waals surface area (Å²) in [6, 6.07) is 7.75. The van der Waals surface area contributed by atoms with E-state index < -0.39 is 10.0 Å². The van der Waals surface area contributed by atoms with Gasteiger partial charge in [-0.2, -0.15) is 0 Å². The zero-order valence-corrected chi connectivity index (χ0v) is 14.4. The standard InChI is InChI=1S/C14H19BrN2O3S/c1-3-17-21(18,19)7-6-16-10(2)14-9-11-8-12(15)4-5-13(11)20-14/h4-5,8-10,16-17H,3,6-7H2,1-2H3. The molecule has 0 amide bonds. The summed E-state index contributed by atoms with van der Waals surface area (Å²) in [6.45, 7) is 4.50. The minimum absolute atomic E-state index is 0.0481. The predicted octanol–water partition coefficient (Wildman–Crippen LogP) is 2.79. The van der Waals surface area contributed by atoms with Gasteiger partial charge in [0, 0.05) is 22.9 Å². The molecule has 0 fully saturated rings. The Morgan fingerprint density at radius 3 is 2.81 bits per heavy atom. The molecular formula is C14H19BrN2O3S. The molecule has 0 aliphatic carbocycles. The lowest BCUT2D eigenvalue weighted by atomic mass is 10.2. The molecule has 0 saturated carbocycles. The molecule has 1 aromatic carbocycles. The molecule has 1 heterocycles. The van der Waals surface area contributed by atoms with Crippen LogP contribution < -0.4 is 10.0 Å². The van der Waals surface area contributed by atoms with E-state index >= 15 is 0 Å². The average molecular weight is 375 g/mol. The first-order chi connectivity index (χ1) is 9.91. The fourth-order valence-corrected chi connectivity index (χ4v) is 3.40. The van der Waals surface area contributed by atoms with Crippen LogP contribution in [0.1, 0.15) is 25.6 Å². The Morgan fingerprint density at radius 2 is 2.10 bits per heavy atom. The second kappa shape index (κ2) is 6.91. The Kier molecular flexibility index (Phi) is 5.43. The van der Waals surface area contributed by atoms with Gasteiger partial charge in [0.25, 0.3) is 0 Å². The van der Waals surface area contributed by atoms with Crippen molar-refractivity contribution in [3.63, 3.8) is 0 Å². The van der Waals surface area contributed by atoms with Gasteiger partial charge in [-0.15, -0.1) is 0 Å². The quantitative estimate of drug-likeness (QED) is 0.781. The fraction of sp³-hybridized carbons (Fsp3) is 0.429. The van der Waals surface area contributed by atoms with E-state index in [0.29, 0.717) is 13.1 Å². The molecule has 2 aromatic rings. The Morgan fingerprint density at radius 1 is 1.33 bits per heavy atom. The van der Waals surface area contributed by atoms with Crippen molar-refractivity contribution < 1.29 is 12.8 Å². The van der Waals surface area contributed by atoms with Gasteiger partial charge in [0.15, 0.2) is 0 Å². The first-order valence-corrected chi connectivity index (χ1v) is 9.25. The fourth-order valence-electron chi connectivity index (χ4n) is 2.05. The van der Waals surface area contributed by atoms with Gasteiger partial charge in [-0.05, 0) is 31.2 Å². The normalized spacial score (nSPS) is 13.7.